The van der Waals surface area contributed by atoms with Crippen LogP contribution in [0.2, 0.25) is 0 Å². The van der Waals surface area contributed by atoms with Gasteiger partial charge in [0.15, 0.2) is 0 Å². The summed E-state index contributed by atoms with van der Waals surface area (Å²) in [7, 11) is 0. The van der Waals surface area contributed by atoms with E-state index in [-0.39, 0.29) is 0 Å². The van der Waals surface area contributed by atoms with E-state index in [9.17, 15) is 0 Å². The van der Waals surface area contributed by atoms with Gasteiger partial charge in [0.2, 0.25) is 0 Å². The minimum absolute atomic E-state index is 0.994. The van der Waals surface area contributed by atoms with Gasteiger partial charge in [0.1, 0.15) is 0 Å². The van der Waals surface area contributed by atoms with Gasteiger partial charge in [0, 0.05) is 11.1 Å². The summed E-state index contributed by atoms with van der Waals surface area (Å²) in [5, 5.41) is 7.34. The molecular weight excluding hydrogens is 527 g/mol. The quantitative estimate of drug-likeness (QED) is 0.122. The van der Waals surface area contributed by atoms with Crippen LogP contribution in [0.15, 0.2) is 113 Å². The molecule has 3 aromatic rings. The lowest BCUT2D eigenvalue weighted by Crippen LogP contribution is -1.89. The molecule has 0 saturated heterocycles. The van der Waals surface area contributed by atoms with Crippen molar-refractivity contribution in [1.82, 2.24) is 0 Å². The summed E-state index contributed by atoms with van der Waals surface area (Å²) in [5.74, 6) is 0. The molecule has 0 unspecified atom stereocenters. The minimum atomic E-state index is 0.994. The van der Waals surface area contributed by atoms with Crippen molar-refractivity contribution in [2.24, 2.45) is 0 Å². The second-order valence-electron chi connectivity index (χ2n) is 10.2. The predicted molar refractivity (Wildman–Crippen MR) is 194 cm³/mol. The molecule has 0 aliphatic carbocycles. The molecule has 0 spiro atoms. The second-order valence-corrected chi connectivity index (χ2v) is 11.1. The molecule has 0 fully saturated rings. The molecule has 0 amide bonds. The molecule has 222 valence electrons. The Hall–Kier alpha value is -3.80. The third-order valence-electron chi connectivity index (χ3n) is 6.50. The van der Waals surface area contributed by atoms with Gasteiger partial charge in [-0.1, -0.05) is 104 Å². The lowest BCUT2D eigenvalue weighted by Gasteiger charge is -2.09. The Kier molecular flexibility index (Phi) is 19.9. The second kappa shape index (κ2) is 21.9. The first kappa shape index (κ1) is 38.2. The van der Waals surface area contributed by atoms with E-state index in [0.717, 1.165) is 29.6 Å². The molecule has 2 heteroatoms. The largest absolute Gasteiger partial charge is 0.308 e. The fourth-order valence-electron chi connectivity index (χ4n) is 3.81. The van der Waals surface area contributed by atoms with Crippen molar-refractivity contribution < 1.29 is 0 Å². The van der Waals surface area contributed by atoms with E-state index in [1.807, 2.05) is 13.8 Å². The SMILES string of the molecule is C#C.C=C(C)c1ccc(SC)cc1.CC(C)=C/C(=C\C(C)=C(/C)C=N)c1ccccc1C.CCc1cccc(CC)c1. The van der Waals surface area contributed by atoms with E-state index in [1.54, 1.807) is 11.8 Å². The number of aryl methyl sites for hydroxylation is 3. The zero-order chi connectivity index (χ0) is 32.1. The number of allylic oxidation sites excluding steroid dienone is 7. The highest BCUT2D eigenvalue weighted by molar-refractivity contribution is 7.98. The van der Waals surface area contributed by atoms with Crippen LogP contribution in [0, 0.1) is 25.2 Å². The van der Waals surface area contributed by atoms with Gasteiger partial charge in [-0.3, -0.25) is 0 Å². The molecule has 0 bridgehead atoms. The van der Waals surface area contributed by atoms with Crippen LogP contribution >= 0.6 is 11.8 Å². The third kappa shape index (κ3) is 14.7. The van der Waals surface area contributed by atoms with Crippen molar-refractivity contribution in [2.75, 3.05) is 6.26 Å². The summed E-state index contributed by atoms with van der Waals surface area (Å²) in [6, 6.07) is 25.6. The molecule has 0 aliphatic rings. The van der Waals surface area contributed by atoms with Crippen LogP contribution < -0.4 is 0 Å². The van der Waals surface area contributed by atoms with Gasteiger partial charge in [-0.15, -0.1) is 24.6 Å². The molecular formula is C40H51NS. The van der Waals surface area contributed by atoms with Crippen LogP contribution in [0.3, 0.4) is 0 Å². The first-order valence-corrected chi connectivity index (χ1v) is 15.6. The fraction of sp³-hybridized carbons (Fsp3) is 0.275. The van der Waals surface area contributed by atoms with Crippen molar-refractivity contribution >= 4 is 29.1 Å². The standard InChI is InChI=1S/C18H23N.C10H12S.C10H14.C2H2/c1-13(2)10-17(11-15(4)16(5)12-19)18-9-7-6-8-14(18)3;1-8(2)9-4-6-10(11-3)7-5-9;1-3-9-6-5-7-10(4-2)8-9;1-2/h6-12,19H,1-5H3;4-7H,1H2,2-3H3;5-8H,3-4H2,1-2H3;1-2H/b16-15+,17-11+,19-12?;;;. The third-order valence-corrected chi connectivity index (χ3v) is 7.25. The number of nitrogens with one attached hydrogen (secondary N) is 1. The number of hydrogen-bond acceptors (Lipinski definition) is 2. The summed E-state index contributed by atoms with van der Waals surface area (Å²) in [6.45, 7) is 20.6. The van der Waals surface area contributed by atoms with Crippen LogP contribution in [-0.2, 0) is 12.8 Å². The topological polar surface area (TPSA) is 23.9 Å². The predicted octanol–water partition coefficient (Wildman–Crippen LogP) is 11.8. The smallest absolute Gasteiger partial charge is 0.0209 e. The first-order chi connectivity index (χ1) is 20.1. The van der Waals surface area contributed by atoms with Gasteiger partial charge in [-0.2, -0.15) is 0 Å². The summed E-state index contributed by atoms with van der Waals surface area (Å²) < 4.78 is 0. The molecule has 1 N–H and O–H groups in total. The summed E-state index contributed by atoms with van der Waals surface area (Å²) >= 11 is 1.76. The Labute approximate surface area is 262 Å². The molecule has 0 aromatic heterocycles. The van der Waals surface area contributed by atoms with Crippen LogP contribution in [-0.4, -0.2) is 12.5 Å². The maximum absolute atomic E-state index is 7.34. The summed E-state index contributed by atoms with van der Waals surface area (Å²) in [6.07, 6.45) is 18.1. The molecule has 1 nitrogen and oxygen atoms in total. The maximum Gasteiger partial charge on any atom is 0.0209 e. The van der Waals surface area contributed by atoms with E-state index >= 15 is 0 Å². The summed E-state index contributed by atoms with van der Waals surface area (Å²) in [5.41, 5.74) is 12.4. The number of rotatable bonds is 8. The zero-order valence-electron chi connectivity index (χ0n) is 27.3. The molecule has 42 heavy (non-hydrogen) atoms. The molecule has 0 radical (unpaired) electrons. The number of hydrogen-bond donors (Lipinski definition) is 1. The van der Waals surface area contributed by atoms with Crippen molar-refractivity contribution in [2.45, 2.75) is 73.1 Å². The number of thioether (sulfide) groups is 1. The van der Waals surface area contributed by atoms with Crippen LogP contribution in [0.5, 0.6) is 0 Å². The van der Waals surface area contributed by atoms with Crippen LogP contribution in [0.4, 0.5) is 0 Å². The monoisotopic (exact) mass is 577 g/mol. The molecule has 0 heterocycles. The van der Waals surface area contributed by atoms with Crippen LogP contribution in [0.25, 0.3) is 11.1 Å². The fourth-order valence-corrected chi connectivity index (χ4v) is 4.22. The van der Waals surface area contributed by atoms with Crippen molar-refractivity contribution in [3.05, 3.63) is 136 Å². The molecule has 3 rings (SSSR count). The average molecular weight is 578 g/mol. The molecule has 0 saturated carbocycles. The maximum atomic E-state index is 7.34. The van der Waals surface area contributed by atoms with E-state index < -0.39 is 0 Å². The Morgan fingerprint density at radius 2 is 1.33 bits per heavy atom. The van der Waals surface area contributed by atoms with E-state index in [1.165, 1.54) is 50.1 Å². The normalized spacial score (nSPS) is 10.7. The Morgan fingerprint density at radius 3 is 1.76 bits per heavy atom. The molecule has 3 aromatic carbocycles. The Bertz CT molecular complexity index is 1340. The van der Waals surface area contributed by atoms with E-state index in [0.29, 0.717) is 0 Å². The van der Waals surface area contributed by atoms with Gasteiger partial charge in [0.05, 0.1) is 0 Å². The zero-order valence-corrected chi connectivity index (χ0v) is 28.2. The number of terminal acetylenes is 1. The van der Waals surface area contributed by atoms with Gasteiger partial charge in [0.25, 0.3) is 0 Å². The van der Waals surface area contributed by atoms with Crippen molar-refractivity contribution in [3.63, 3.8) is 0 Å². The Balaban J connectivity index is 0.000000623. The molecule has 0 aliphatic heterocycles. The van der Waals surface area contributed by atoms with E-state index in [2.05, 4.69) is 152 Å². The first-order valence-electron chi connectivity index (χ1n) is 14.4. The van der Waals surface area contributed by atoms with Crippen LogP contribution in [0.1, 0.15) is 76.3 Å². The average Bonchev–Trinajstić information content (AvgIpc) is 3.01. The van der Waals surface area contributed by atoms with Gasteiger partial charge in [-0.05, 0) is 117 Å². The highest BCUT2D eigenvalue weighted by Gasteiger charge is 2.03. The minimum Gasteiger partial charge on any atom is -0.308 e. The van der Waals surface area contributed by atoms with Crippen molar-refractivity contribution in [1.29, 1.82) is 5.41 Å². The van der Waals surface area contributed by atoms with Crippen molar-refractivity contribution in [3.8, 4) is 12.8 Å². The summed E-state index contributed by atoms with van der Waals surface area (Å²) in [4.78, 5) is 1.30. The Morgan fingerprint density at radius 1 is 0.786 bits per heavy atom. The highest BCUT2D eigenvalue weighted by atomic mass is 32.2. The number of benzene rings is 3. The molecule has 0 atom stereocenters. The van der Waals surface area contributed by atoms with Gasteiger partial charge < -0.3 is 5.41 Å². The van der Waals surface area contributed by atoms with Gasteiger partial charge >= 0.3 is 0 Å². The van der Waals surface area contributed by atoms with Gasteiger partial charge in [-0.25, -0.2) is 0 Å². The highest BCUT2D eigenvalue weighted by Crippen LogP contribution is 2.24. The lowest BCUT2D eigenvalue weighted by atomic mass is 9.96. The lowest BCUT2D eigenvalue weighted by molar-refractivity contribution is 1.09. The van der Waals surface area contributed by atoms with E-state index in [4.69, 9.17) is 5.41 Å².